The van der Waals surface area contributed by atoms with Gasteiger partial charge in [0.15, 0.2) is 0 Å². The fourth-order valence-corrected chi connectivity index (χ4v) is 3.27. The molecule has 0 saturated heterocycles. The molecule has 0 spiro atoms. The van der Waals surface area contributed by atoms with E-state index >= 15 is 0 Å². The van der Waals surface area contributed by atoms with Crippen molar-refractivity contribution in [2.45, 2.75) is 37.8 Å². The molecule has 20 heavy (non-hydrogen) atoms. The zero-order valence-corrected chi connectivity index (χ0v) is 13.2. The third-order valence-corrected chi connectivity index (χ3v) is 4.46. The average molecular weight is 275 g/mol. The molecule has 2 atom stereocenters. The Hall–Kier alpha value is -0.900. The molecule has 0 aliphatic heterocycles. The summed E-state index contributed by atoms with van der Waals surface area (Å²) in [4.78, 5) is 4.71. The average Bonchev–Trinajstić information content (AvgIpc) is 2.58. The molecule has 2 unspecified atom stereocenters. The third kappa shape index (κ3) is 3.81. The van der Waals surface area contributed by atoms with Gasteiger partial charge in [-0.1, -0.05) is 24.3 Å². The molecule has 112 valence electrons. The second-order valence-electron chi connectivity index (χ2n) is 6.32. The van der Waals surface area contributed by atoms with Crippen LogP contribution in [0, 0.1) is 0 Å². The van der Waals surface area contributed by atoms with Crippen molar-refractivity contribution in [2.24, 2.45) is 5.73 Å². The maximum absolute atomic E-state index is 6.57. The smallest absolute Gasteiger partial charge is 0.0455 e. The first-order valence-corrected chi connectivity index (χ1v) is 7.78. The van der Waals surface area contributed by atoms with Gasteiger partial charge in [-0.2, -0.15) is 0 Å². The number of rotatable bonds is 5. The molecule has 0 fully saturated rings. The van der Waals surface area contributed by atoms with E-state index in [1.807, 2.05) is 0 Å². The van der Waals surface area contributed by atoms with Gasteiger partial charge in [0.2, 0.25) is 0 Å². The van der Waals surface area contributed by atoms with Crippen LogP contribution >= 0.6 is 0 Å². The van der Waals surface area contributed by atoms with Gasteiger partial charge in [0.05, 0.1) is 0 Å². The van der Waals surface area contributed by atoms with Crippen molar-refractivity contribution in [1.82, 2.24) is 9.80 Å². The Morgan fingerprint density at radius 1 is 1.15 bits per heavy atom. The number of nitrogens with two attached hydrogens (primary N) is 1. The lowest BCUT2D eigenvalue weighted by atomic mass is 9.96. The van der Waals surface area contributed by atoms with Crippen LogP contribution in [-0.2, 0) is 6.42 Å². The van der Waals surface area contributed by atoms with Gasteiger partial charge in [-0.15, -0.1) is 0 Å². The summed E-state index contributed by atoms with van der Waals surface area (Å²) in [6, 6.07) is 9.33. The number of nitrogens with zero attached hydrogens (tertiary/aromatic N) is 2. The topological polar surface area (TPSA) is 32.5 Å². The maximum atomic E-state index is 6.57. The van der Waals surface area contributed by atoms with Crippen molar-refractivity contribution < 1.29 is 0 Å². The Morgan fingerprint density at radius 3 is 2.65 bits per heavy atom. The Kier molecular flexibility index (Phi) is 5.58. The van der Waals surface area contributed by atoms with Gasteiger partial charge in [0.25, 0.3) is 0 Å². The van der Waals surface area contributed by atoms with E-state index in [2.05, 4.69) is 55.2 Å². The first kappa shape index (κ1) is 15.5. The number of aryl methyl sites for hydroxylation is 1. The minimum Gasteiger partial charge on any atom is -0.323 e. The van der Waals surface area contributed by atoms with Crippen LogP contribution in [0.1, 0.15) is 36.4 Å². The molecule has 0 saturated carbocycles. The standard InChI is InChI=1S/C17H29N3/c1-19(2)12-7-13-20(3)16-11-6-9-14-8-4-5-10-15(14)17(16)18/h4-5,8,10,16-17H,6-7,9,11-13,18H2,1-3H3. The lowest BCUT2D eigenvalue weighted by molar-refractivity contribution is 0.192. The number of hydrogen-bond acceptors (Lipinski definition) is 3. The molecule has 2 rings (SSSR count). The molecule has 2 N–H and O–H groups in total. The Morgan fingerprint density at radius 2 is 1.90 bits per heavy atom. The second-order valence-corrected chi connectivity index (χ2v) is 6.32. The second kappa shape index (κ2) is 7.21. The molecule has 0 aromatic heterocycles. The van der Waals surface area contributed by atoms with Crippen molar-refractivity contribution in [3.63, 3.8) is 0 Å². The van der Waals surface area contributed by atoms with Crippen molar-refractivity contribution in [3.8, 4) is 0 Å². The van der Waals surface area contributed by atoms with Crippen LogP contribution < -0.4 is 5.73 Å². The zero-order chi connectivity index (χ0) is 14.5. The van der Waals surface area contributed by atoms with Gasteiger partial charge in [0.1, 0.15) is 0 Å². The van der Waals surface area contributed by atoms with Crippen molar-refractivity contribution >= 4 is 0 Å². The largest absolute Gasteiger partial charge is 0.323 e. The molecule has 3 nitrogen and oxygen atoms in total. The fraction of sp³-hybridized carbons (Fsp3) is 0.647. The summed E-state index contributed by atoms with van der Waals surface area (Å²) in [5.41, 5.74) is 9.38. The quantitative estimate of drug-likeness (QED) is 0.837. The van der Waals surface area contributed by atoms with Crippen molar-refractivity contribution in [2.75, 3.05) is 34.2 Å². The van der Waals surface area contributed by atoms with E-state index in [-0.39, 0.29) is 6.04 Å². The predicted molar refractivity (Wildman–Crippen MR) is 85.9 cm³/mol. The first-order valence-electron chi connectivity index (χ1n) is 7.78. The first-order chi connectivity index (χ1) is 9.59. The van der Waals surface area contributed by atoms with E-state index in [0.29, 0.717) is 6.04 Å². The van der Waals surface area contributed by atoms with Crippen LogP contribution in [0.2, 0.25) is 0 Å². The number of likely N-dealkylation sites (N-methyl/N-ethyl adjacent to an activating group) is 1. The molecule has 3 heteroatoms. The minimum atomic E-state index is 0.151. The van der Waals surface area contributed by atoms with E-state index in [9.17, 15) is 0 Å². The van der Waals surface area contributed by atoms with Crippen molar-refractivity contribution in [1.29, 1.82) is 0 Å². The summed E-state index contributed by atoms with van der Waals surface area (Å²) in [5.74, 6) is 0. The SMILES string of the molecule is CN(C)CCCN(C)C1CCCc2ccccc2C1N. The molecular formula is C17H29N3. The molecule has 0 amide bonds. The van der Waals surface area contributed by atoms with Gasteiger partial charge >= 0.3 is 0 Å². The number of benzene rings is 1. The van der Waals surface area contributed by atoms with Crippen LogP contribution in [0.15, 0.2) is 24.3 Å². The van der Waals surface area contributed by atoms with Gasteiger partial charge in [-0.3, -0.25) is 0 Å². The van der Waals surface area contributed by atoms with Gasteiger partial charge in [-0.05, 0) is 71.0 Å². The highest BCUT2D eigenvalue weighted by Crippen LogP contribution is 2.29. The number of fused-ring (bicyclic) bond motifs is 1. The Labute approximate surface area is 123 Å². The third-order valence-electron chi connectivity index (χ3n) is 4.46. The molecule has 1 aromatic carbocycles. The molecule has 0 heterocycles. The summed E-state index contributed by atoms with van der Waals surface area (Å²) in [6.45, 7) is 2.27. The normalized spacial score (nSPS) is 22.9. The molecule has 1 aliphatic rings. The fourth-order valence-electron chi connectivity index (χ4n) is 3.27. The van der Waals surface area contributed by atoms with E-state index in [1.165, 1.54) is 36.8 Å². The molecule has 1 aromatic rings. The van der Waals surface area contributed by atoms with E-state index in [1.54, 1.807) is 0 Å². The summed E-state index contributed by atoms with van der Waals surface area (Å²) in [5, 5.41) is 0. The molecular weight excluding hydrogens is 246 g/mol. The predicted octanol–water partition coefficient (Wildman–Crippen LogP) is 2.27. The van der Waals surface area contributed by atoms with E-state index < -0.39 is 0 Å². The summed E-state index contributed by atoms with van der Waals surface area (Å²) in [6.07, 6.45) is 4.82. The lowest BCUT2D eigenvalue weighted by Gasteiger charge is -2.32. The van der Waals surface area contributed by atoms with E-state index in [4.69, 9.17) is 5.73 Å². The Balaban J connectivity index is 2.01. The highest BCUT2D eigenvalue weighted by atomic mass is 15.2. The zero-order valence-electron chi connectivity index (χ0n) is 13.2. The van der Waals surface area contributed by atoms with Crippen LogP contribution in [0.3, 0.4) is 0 Å². The van der Waals surface area contributed by atoms with Gasteiger partial charge in [0, 0.05) is 12.1 Å². The maximum Gasteiger partial charge on any atom is 0.0455 e. The molecule has 0 radical (unpaired) electrons. The summed E-state index contributed by atoms with van der Waals surface area (Å²) < 4.78 is 0. The molecule has 1 aliphatic carbocycles. The number of hydrogen-bond donors (Lipinski definition) is 1. The summed E-state index contributed by atoms with van der Waals surface area (Å²) in [7, 11) is 6.50. The summed E-state index contributed by atoms with van der Waals surface area (Å²) >= 11 is 0. The van der Waals surface area contributed by atoms with Crippen LogP contribution in [0.25, 0.3) is 0 Å². The van der Waals surface area contributed by atoms with Gasteiger partial charge in [-0.25, -0.2) is 0 Å². The van der Waals surface area contributed by atoms with E-state index in [0.717, 1.165) is 13.1 Å². The molecule has 0 bridgehead atoms. The minimum absolute atomic E-state index is 0.151. The van der Waals surface area contributed by atoms with Gasteiger partial charge < -0.3 is 15.5 Å². The Bertz CT molecular complexity index is 416. The monoisotopic (exact) mass is 275 g/mol. The van der Waals surface area contributed by atoms with Crippen molar-refractivity contribution in [3.05, 3.63) is 35.4 Å². The van der Waals surface area contributed by atoms with Crippen LogP contribution in [0.5, 0.6) is 0 Å². The highest BCUT2D eigenvalue weighted by Gasteiger charge is 2.27. The van der Waals surface area contributed by atoms with Crippen LogP contribution in [0.4, 0.5) is 0 Å². The highest BCUT2D eigenvalue weighted by molar-refractivity contribution is 5.32. The van der Waals surface area contributed by atoms with Crippen LogP contribution in [-0.4, -0.2) is 50.1 Å². The lowest BCUT2D eigenvalue weighted by Crippen LogP contribution is -2.41.